The fourth-order valence-corrected chi connectivity index (χ4v) is 7.69. The van der Waals surface area contributed by atoms with Gasteiger partial charge in [-0.25, -0.2) is 13.6 Å². The summed E-state index contributed by atoms with van der Waals surface area (Å²) in [6, 6.07) is 2.71. The summed E-state index contributed by atoms with van der Waals surface area (Å²) < 4.78 is 56.3. The van der Waals surface area contributed by atoms with Crippen molar-refractivity contribution in [1.82, 2.24) is 14.9 Å². The smallest absolute Gasteiger partial charge is 0.320 e. The monoisotopic (exact) mass is 627 g/mol. The van der Waals surface area contributed by atoms with E-state index in [0.29, 0.717) is 13.2 Å². The van der Waals surface area contributed by atoms with E-state index in [1.54, 1.807) is 0 Å². The molecule has 2 saturated heterocycles. The molecule has 13 heteroatoms. The van der Waals surface area contributed by atoms with Crippen molar-refractivity contribution in [3.05, 3.63) is 40.2 Å². The van der Waals surface area contributed by atoms with E-state index < -0.39 is 17.7 Å². The van der Waals surface area contributed by atoms with Gasteiger partial charge in [0.2, 0.25) is 11.6 Å². The van der Waals surface area contributed by atoms with Gasteiger partial charge >= 0.3 is 6.01 Å². The molecule has 5 heterocycles. The van der Waals surface area contributed by atoms with Crippen LogP contribution in [-0.4, -0.2) is 66.5 Å². The first kappa shape index (κ1) is 28.3. The molecule has 224 valence electrons. The van der Waals surface area contributed by atoms with Crippen molar-refractivity contribution >= 4 is 54.6 Å². The van der Waals surface area contributed by atoms with E-state index in [9.17, 15) is 4.39 Å². The van der Waals surface area contributed by atoms with Gasteiger partial charge < -0.3 is 24.7 Å². The first-order chi connectivity index (χ1) is 20.8. The van der Waals surface area contributed by atoms with Gasteiger partial charge in [0.15, 0.2) is 11.6 Å². The zero-order valence-corrected chi connectivity index (χ0v) is 25.0. The fourth-order valence-electron chi connectivity index (χ4n) is 6.42. The molecule has 3 aliphatic heterocycles. The highest BCUT2D eigenvalue weighted by atomic mass is 35.5. The second-order valence-corrected chi connectivity index (χ2v) is 12.6. The molecule has 43 heavy (non-hydrogen) atoms. The van der Waals surface area contributed by atoms with Gasteiger partial charge in [-0.15, -0.1) is 11.3 Å². The number of hydrogen-bond acceptors (Lipinski definition) is 9. The van der Waals surface area contributed by atoms with Crippen molar-refractivity contribution < 1.29 is 27.7 Å². The molecule has 7 rings (SSSR count). The van der Waals surface area contributed by atoms with Crippen molar-refractivity contribution in [2.24, 2.45) is 5.92 Å². The summed E-state index contributed by atoms with van der Waals surface area (Å²) >= 11 is 7.87. The minimum Gasteiger partial charge on any atom is -0.487 e. The van der Waals surface area contributed by atoms with Crippen LogP contribution in [0.15, 0.2) is 12.1 Å². The molecule has 4 atom stereocenters. The Morgan fingerprint density at radius 2 is 2.07 bits per heavy atom. The average Bonchev–Trinajstić information content (AvgIpc) is 3.71. The first-order valence-electron chi connectivity index (χ1n) is 14.1. The highest BCUT2D eigenvalue weighted by molar-refractivity contribution is 7.23. The number of thiophene rings is 1. The normalized spacial score (nSPS) is 22.7. The maximum Gasteiger partial charge on any atom is 0.320 e. The van der Waals surface area contributed by atoms with Crippen molar-refractivity contribution in [1.29, 1.82) is 0 Å². The number of nitrogens with zero attached hydrogens (tertiary/aromatic N) is 4. The zero-order chi connectivity index (χ0) is 30.0. The van der Waals surface area contributed by atoms with Crippen LogP contribution in [0.25, 0.3) is 37.0 Å². The van der Waals surface area contributed by atoms with Crippen LogP contribution in [0.4, 0.5) is 19.5 Å². The van der Waals surface area contributed by atoms with Gasteiger partial charge in [-0.2, -0.15) is 9.97 Å². The molecule has 4 aromatic rings. The van der Waals surface area contributed by atoms with Gasteiger partial charge in [0.1, 0.15) is 35.5 Å². The van der Waals surface area contributed by atoms with Crippen molar-refractivity contribution in [3.8, 4) is 28.8 Å². The molecule has 2 aromatic heterocycles. The first-order valence-corrected chi connectivity index (χ1v) is 15.3. The summed E-state index contributed by atoms with van der Waals surface area (Å²) in [7, 11) is 2.04. The van der Waals surface area contributed by atoms with Gasteiger partial charge in [0.25, 0.3) is 0 Å². The second-order valence-electron chi connectivity index (χ2n) is 11.2. The minimum absolute atomic E-state index is 0.0309. The van der Waals surface area contributed by atoms with Crippen molar-refractivity contribution in [2.75, 3.05) is 39.1 Å². The number of anilines is 1. The van der Waals surface area contributed by atoms with Crippen molar-refractivity contribution in [3.63, 3.8) is 0 Å². The van der Waals surface area contributed by atoms with Crippen LogP contribution in [0.5, 0.6) is 17.6 Å². The van der Waals surface area contributed by atoms with Crippen LogP contribution in [0.2, 0.25) is 5.02 Å². The number of nitrogen functional groups attached to an aromatic ring is 1. The lowest BCUT2D eigenvalue weighted by molar-refractivity contribution is 0.0703. The van der Waals surface area contributed by atoms with Crippen LogP contribution in [-0.2, 0) is 4.74 Å². The number of ether oxygens (including phenoxy) is 4. The molecular weight excluding hydrogens is 600 g/mol. The lowest BCUT2D eigenvalue weighted by Gasteiger charge is -2.26. The second kappa shape index (κ2) is 10.9. The lowest BCUT2D eigenvalue weighted by atomic mass is 9.98. The number of likely N-dealkylation sites (tertiary alicyclic amines) is 1. The fraction of sp³-hybridized carbons (Fsp3) is 0.433. The van der Waals surface area contributed by atoms with E-state index in [2.05, 4.69) is 19.7 Å². The van der Waals surface area contributed by atoms with Crippen molar-refractivity contribution in [2.45, 2.75) is 44.4 Å². The molecule has 0 bridgehead atoms. The Balaban J connectivity index is 1.45. The maximum atomic E-state index is 16.8. The maximum absolute atomic E-state index is 16.8. The molecule has 0 amide bonds. The van der Waals surface area contributed by atoms with E-state index in [4.69, 9.17) is 42.9 Å². The average molecular weight is 628 g/mol. The van der Waals surface area contributed by atoms with Gasteiger partial charge in [-0.05, 0) is 51.4 Å². The Labute approximate surface area is 255 Å². The molecule has 2 N–H and O–H groups in total. The molecule has 0 radical (unpaired) electrons. The molecule has 9 nitrogen and oxygen atoms in total. The molecule has 2 unspecified atom stereocenters. The van der Waals surface area contributed by atoms with Gasteiger partial charge in [-0.3, -0.25) is 4.90 Å². The predicted octanol–water partition coefficient (Wildman–Crippen LogP) is 6.61. The van der Waals surface area contributed by atoms with Crippen LogP contribution in [0.3, 0.4) is 0 Å². The van der Waals surface area contributed by atoms with Gasteiger partial charge in [0, 0.05) is 29.5 Å². The van der Waals surface area contributed by atoms with E-state index in [-0.39, 0.29) is 90.1 Å². The highest BCUT2D eigenvalue weighted by Crippen LogP contribution is 2.52. The topological polar surface area (TPSA) is 96.3 Å². The zero-order valence-electron chi connectivity index (χ0n) is 23.5. The Kier molecular flexibility index (Phi) is 7.16. The quantitative estimate of drug-likeness (QED) is 0.247. The Hall–Kier alpha value is -3.50. The molecular formula is C30H28ClF2N5O4S. The van der Waals surface area contributed by atoms with E-state index in [1.165, 1.54) is 12.1 Å². The highest BCUT2D eigenvalue weighted by Gasteiger charge is 2.36. The number of fused-ring (bicyclic) bond motifs is 1. The van der Waals surface area contributed by atoms with Crippen LogP contribution in [0, 0.1) is 24.1 Å². The summed E-state index contributed by atoms with van der Waals surface area (Å²) in [6.07, 6.45) is 2.06. The van der Waals surface area contributed by atoms with Crippen LogP contribution in [0.1, 0.15) is 26.2 Å². The van der Waals surface area contributed by atoms with Crippen LogP contribution < -0.4 is 19.9 Å². The number of benzene rings is 2. The van der Waals surface area contributed by atoms with E-state index >= 15 is 4.39 Å². The number of likely N-dealkylation sites (N-methyl/N-ethyl adjacent to an activating group) is 1. The minimum atomic E-state index is -0.800. The molecule has 0 spiro atoms. The van der Waals surface area contributed by atoms with Gasteiger partial charge in [-0.1, -0.05) is 17.7 Å². The Morgan fingerprint density at radius 3 is 2.79 bits per heavy atom. The summed E-state index contributed by atoms with van der Waals surface area (Å²) in [6.45, 7) is 11.8. The SMILES string of the molecule is [C-]#[N+]c1c(N)sc2c(F)ccc(-c3c(Cl)c4c5c(nc(O[C@@H](C)[C@@H]6CCCN6C)nc5c3F)OC(C3CCOC3)CO4)c12. The summed E-state index contributed by atoms with van der Waals surface area (Å²) in [5.41, 5.74) is 6.11. The third-order valence-electron chi connectivity index (χ3n) is 8.66. The summed E-state index contributed by atoms with van der Waals surface area (Å²) in [4.78, 5) is 14.9. The number of rotatable bonds is 5. The molecule has 2 fully saturated rings. The number of halogens is 3. The number of aromatic nitrogens is 2. The standard InChI is InChI=1S/C30H28ClF2N5O4S/c1-13(17-5-4-9-38(17)3)41-30-36-24-21-26(40-12-18(42-29(21)37-30)14-8-10-39-11-14)22(31)19(23(24)33)15-6-7-16(32)27-20(15)25(35-2)28(34)43-27/h6-7,13-14,17-18H,4-5,8-12,34H2,1,3H3/t13-,14?,17-,18?/m0/s1. The Morgan fingerprint density at radius 1 is 1.23 bits per heavy atom. The predicted molar refractivity (Wildman–Crippen MR) is 161 cm³/mol. The molecule has 0 aliphatic carbocycles. The van der Waals surface area contributed by atoms with Crippen LogP contribution >= 0.6 is 22.9 Å². The largest absolute Gasteiger partial charge is 0.487 e. The number of hydrogen-bond donors (Lipinski definition) is 1. The van der Waals surface area contributed by atoms with E-state index in [0.717, 1.165) is 37.1 Å². The Bertz CT molecular complexity index is 1810. The summed E-state index contributed by atoms with van der Waals surface area (Å²) in [5, 5.41) is 0.424. The lowest BCUT2D eigenvalue weighted by Crippen LogP contribution is -2.38. The van der Waals surface area contributed by atoms with E-state index in [1.807, 2.05) is 14.0 Å². The molecule has 2 aromatic carbocycles. The number of nitrogens with two attached hydrogens (primary N) is 1. The molecule has 3 aliphatic rings. The molecule has 0 saturated carbocycles. The van der Waals surface area contributed by atoms with Gasteiger partial charge in [0.05, 0.1) is 27.9 Å². The summed E-state index contributed by atoms with van der Waals surface area (Å²) in [5.74, 6) is -1.09. The third kappa shape index (κ3) is 4.61. The third-order valence-corrected chi connectivity index (χ3v) is 10.0.